The Bertz CT molecular complexity index is 782. The molecule has 1 saturated carbocycles. The summed E-state index contributed by atoms with van der Waals surface area (Å²) in [6, 6.07) is 8.11. The number of nitrogens with two attached hydrogens (primary N) is 1. The Labute approximate surface area is 178 Å². The van der Waals surface area contributed by atoms with Crippen molar-refractivity contribution in [2.24, 2.45) is 5.92 Å². The lowest BCUT2D eigenvalue weighted by Gasteiger charge is -2.30. The summed E-state index contributed by atoms with van der Waals surface area (Å²) >= 11 is 0. The molecule has 1 spiro atoms. The maximum Gasteiger partial charge on any atom is 0.344 e. The molecule has 0 radical (unpaired) electrons. The number of carbonyl (C=O) groups excluding carboxylic acids is 3. The van der Waals surface area contributed by atoms with Gasteiger partial charge in [-0.2, -0.15) is 5.01 Å². The van der Waals surface area contributed by atoms with Crippen molar-refractivity contribution in [3.63, 3.8) is 0 Å². The molecular weight excluding hydrogens is 380 g/mol. The van der Waals surface area contributed by atoms with Gasteiger partial charge in [0.05, 0.1) is 0 Å². The monoisotopic (exact) mass is 415 g/mol. The topological polar surface area (TPSA) is 95.1 Å². The maximum atomic E-state index is 12.8. The molecule has 2 fully saturated rings. The van der Waals surface area contributed by atoms with E-state index in [1.54, 1.807) is 0 Å². The number of nitrogens with one attached hydrogen (secondary N) is 2. The zero-order valence-corrected chi connectivity index (χ0v) is 18.5. The van der Waals surface area contributed by atoms with Crippen LogP contribution < -0.4 is 16.1 Å². The van der Waals surface area contributed by atoms with Crippen molar-refractivity contribution in [2.45, 2.75) is 77.3 Å². The molecule has 1 aliphatic heterocycles. The summed E-state index contributed by atoms with van der Waals surface area (Å²) in [5.41, 5.74) is 4.14. The van der Waals surface area contributed by atoms with E-state index in [1.807, 2.05) is 5.32 Å². The molecule has 0 unspecified atom stereocenters. The smallest absolute Gasteiger partial charge is 0.332 e. The van der Waals surface area contributed by atoms with Gasteiger partial charge in [-0.05, 0) is 24.3 Å². The number of nitrogens with zero attached hydrogens (tertiary/aromatic N) is 1. The van der Waals surface area contributed by atoms with Crippen molar-refractivity contribution in [2.75, 3.05) is 6.54 Å². The van der Waals surface area contributed by atoms with Crippen LogP contribution in [0.5, 0.6) is 0 Å². The second-order valence-corrected chi connectivity index (χ2v) is 9.28. The minimum atomic E-state index is -0.828. The zero-order valence-electron chi connectivity index (χ0n) is 18.5. The first-order valence-electron chi connectivity index (χ1n) is 11.1. The Hall–Kier alpha value is -2.41. The lowest BCUT2D eigenvalue weighted by Crippen LogP contribution is -2.88. The average molecular weight is 416 g/mol. The molecule has 4 amide bonds. The van der Waals surface area contributed by atoms with Gasteiger partial charge in [-0.3, -0.25) is 15.0 Å². The van der Waals surface area contributed by atoms with Crippen LogP contribution in [0.1, 0.15) is 82.9 Å². The van der Waals surface area contributed by atoms with E-state index in [0.29, 0.717) is 24.7 Å². The second-order valence-electron chi connectivity index (χ2n) is 9.28. The van der Waals surface area contributed by atoms with E-state index in [0.717, 1.165) is 24.3 Å². The van der Waals surface area contributed by atoms with Gasteiger partial charge in [0.25, 0.3) is 11.8 Å². The SMILES string of the molecule is CC(C)c1ccc([C@H]([NH2+]CC(=O)NN2C(=O)NC3(CCCCC3)C2=O)C(C)C)cc1. The van der Waals surface area contributed by atoms with Gasteiger partial charge >= 0.3 is 6.03 Å². The summed E-state index contributed by atoms with van der Waals surface area (Å²) in [4.78, 5) is 37.7. The molecule has 3 rings (SSSR count). The first-order chi connectivity index (χ1) is 14.2. The molecule has 1 saturated heterocycles. The first kappa shape index (κ1) is 22.3. The van der Waals surface area contributed by atoms with Crippen LogP contribution in [0.3, 0.4) is 0 Å². The van der Waals surface area contributed by atoms with Crippen LogP contribution in [0.2, 0.25) is 0 Å². The van der Waals surface area contributed by atoms with Crippen molar-refractivity contribution in [1.29, 1.82) is 0 Å². The highest BCUT2D eigenvalue weighted by Crippen LogP contribution is 2.33. The fourth-order valence-corrected chi connectivity index (χ4v) is 4.52. The van der Waals surface area contributed by atoms with Crippen LogP contribution in [0.4, 0.5) is 4.79 Å². The van der Waals surface area contributed by atoms with Gasteiger partial charge in [0.2, 0.25) is 0 Å². The van der Waals surface area contributed by atoms with E-state index in [1.165, 1.54) is 11.1 Å². The molecule has 4 N–H and O–H groups in total. The standard InChI is InChI=1S/C23H34N4O3/c1-15(2)17-8-10-18(11-9-17)20(16(3)4)24-14-19(28)26-27-21(29)23(25-22(27)30)12-6-5-7-13-23/h8-11,15-16,20,24H,5-7,12-14H2,1-4H3,(H,25,30)(H,26,28)/p+1/t20-/m1/s1. The molecule has 7 nitrogen and oxygen atoms in total. The van der Waals surface area contributed by atoms with E-state index < -0.39 is 11.6 Å². The minimum Gasteiger partial charge on any atom is -0.332 e. The van der Waals surface area contributed by atoms with E-state index in [2.05, 4.69) is 62.7 Å². The van der Waals surface area contributed by atoms with E-state index in [9.17, 15) is 14.4 Å². The molecule has 1 atom stereocenters. The highest BCUT2D eigenvalue weighted by molar-refractivity contribution is 6.08. The third kappa shape index (κ3) is 4.67. The molecule has 0 bridgehead atoms. The van der Waals surface area contributed by atoms with Crippen LogP contribution >= 0.6 is 0 Å². The summed E-state index contributed by atoms with van der Waals surface area (Å²) in [6.45, 7) is 8.72. The highest BCUT2D eigenvalue weighted by Gasteiger charge is 2.52. The van der Waals surface area contributed by atoms with Gasteiger partial charge in [-0.15, -0.1) is 0 Å². The van der Waals surface area contributed by atoms with Crippen molar-refractivity contribution >= 4 is 17.8 Å². The third-order valence-corrected chi connectivity index (χ3v) is 6.37. The molecule has 1 aromatic rings. The Morgan fingerprint density at radius 3 is 2.23 bits per heavy atom. The molecule has 164 valence electrons. The van der Waals surface area contributed by atoms with Crippen molar-refractivity contribution in [3.05, 3.63) is 35.4 Å². The summed E-state index contributed by atoms with van der Waals surface area (Å²) < 4.78 is 0. The Morgan fingerprint density at radius 2 is 1.67 bits per heavy atom. The van der Waals surface area contributed by atoms with Gasteiger partial charge in [0, 0.05) is 11.5 Å². The van der Waals surface area contributed by atoms with Crippen LogP contribution in [0.25, 0.3) is 0 Å². The lowest BCUT2D eigenvalue weighted by molar-refractivity contribution is -0.692. The van der Waals surface area contributed by atoms with Crippen molar-refractivity contribution in [1.82, 2.24) is 15.8 Å². The van der Waals surface area contributed by atoms with Gasteiger partial charge in [0.1, 0.15) is 11.6 Å². The van der Waals surface area contributed by atoms with Gasteiger partial charge < -0.3 is 10.6 Å². The largest absolute Gasteiger partial charge is 0.344 e. The van der Waals surface area contributed by atoms with E-state index in [4.69, 9.17) is 0 Å². The Morgan fingerprint density at radius 1 is 1.07 bits per heavy atom. The lowest BCUT2D eigenvalue weighted by atomic mass is 9.82. The normalized spacial score (nSPS) is 19.5. The summed E-state index contributed by atoms with van der Waals surface area (Å²) in [6.07, 6.45) is 4.16. The summed E-state index contributed by atoms with van der Waals surface area (Å²) in [7, 11) is 0. The maximum absolute atomic E-state index is 12.8. The number of imide groups is 1. The number of hydrogen-bond donors (Lipinski definition) is 3. The van der Waals surface area contributed by atoms with Crippen molar-refractivity contribution < 1.29 is 19.7 Å². The predicted molar refractivity (Wildman–Crippen MR) is 114 cm³/mol. The zero-order chi connectivity index (χ0) is 21.9. The molecular formula is C23H35N4O3+. The summed E-state index contributed by atoms with van der Waals surface area (Å²) in [5, 5.41) is 5.66. The number of amides is 4. The number of quaternary nitrogens is 1. The predicted octanol–water partition coefficient (Wildman–Crippen LogP) is 2.36. The fraction of sp³-hybridized carbons (Fsp3) is 0.609. The fourth-order valence-electron chi connectivity index (χ4n) is 4.52. The van der Waals surface area contributed by atoms with Gasteiger partial charge in [0.15, 0.2) is 6.54 Å². The number of carbonyl (C=O) groups is 3. The van der Waals surface area contributed by atoms with Crippen LogP contribution in [0, 0.1) is 5.92 Å². The summed E-state index contributed by atoms with van der Waals surface area (Å²) in [5.74, 6) is 0.119. The third-order valence-electron chi connectivity index (χ3n) is 6.37. The Balaban J connectivity index is 1.59. The molecule has 1 heterocycles. The quantitative estimate of drug-likeness (QED) is 0.597. The molecule has 0 aromatic heterocycles. The number of urea groups is 1. The Kier molecular flexibility index (Phi) is 6.81. The molecule has 7 heteroatoms. The van der Waals surface area contributed by atoms with Gasteiger partial charge in [-0.25, -0.2) is 4.79 Å². The number of hydrogen-bond acceptors (Lipinski definition) is 3. The molecule has 1 aliphatic carbocycles. The minimum absolute atomic E-state index is 0.116. The second kappa shape index (κ2) is 9.16. The highest BCUT2D eigenvalue weighted by atomic mass is 16.2. The van der Waals surface area contributed by atoms with Crippen LogP contribution in [0.15, 0.2) is 24.3 Å². The first-order valence-corrected chi connectivity index (χ1v) is 11.1. The number of benzene rings is 1. The van der Waals surface area contributed by atoms with E-state index >= 15 is 0 Å². The average Bonchev–Trinajstić information content (AvgIpc) is 2.92. The molecule has 2 aliphatic rings. The van der Waals surface area contributed by atoms with Crippen molar-refractivity contribution in [3.8, 4) is 0 Å². The number of hydrazine groups is 1. The van der Waals surface area contributed by atoms with Gasteiger partial charge in [-0.1, -0.05) is 71.2 Å². The van der Waals surface area contributed by atoms with E-state index in [-0.39, 0.29) is 24.4 Å². The molecule has 1 aromatic carbocycles. The van der Waals surface area contributed by atoms with Crippen LogP contribution in [-0.2, 0) is 9.59 Å². The van der Waals surface area contributed by atoms with Crippen LogP contribution in [-0.4, -0.2) is 34.9 Å². The number of rotatable bonds is 7. The molecule has 30 heavy (non-hydrogen) atoms.